The number of aliphatic hydroxyl groups is 4. The number of fused-ring (bicyclic) bond motifs is 6. The first-order valence-electron chi connectivity index (χ1n) is 47.6. The van der Waals surface area contributed by atoms with Gasteiger partial charge in [-0.05, 0) is 84.9 Å². The van der Waals surface area contributed by atoms with Crippen LogP contribution in [0.4, 0.5) is 74.2 Å². The van der Waals surface area contributed by atoms with Crippen molar-refractivity contribution in [2.75, 3.05) is 138 Å². The summed E-state index contributed by atoms with van der Waals surface area (Å²) in [5, 5.41) is 43.9. The number of aromatic nitrogens is 16. The molecule has 0 bridgehead atoms. The molecule has 0 radical (unpaired) electrons. The number of hydrogen-bond acceptors (Lipinski definition) is 36. The topological polar surface area (TPSA) is 489 Å². The monoisotopic (exact) mass is 2020 g/mol. The van der Waals surface area contributed by atoms with E-state index in [-0.39, 0.29) is 93.6 Å². The molecule has 772 valence electrons. The van der Waals surface area contributed by atoms with Gasteiger partial charge in [-0.25, -0.2) is 47.1 Å². The van der Waals surface area contributed by atoms with Crippen molar-refractivity contribution in [3.8, 4) is 0 Å². The third-order valence-electron chi connectivity index (χ3n) is 26.5. The molecule has 6 fully saturated rings. The molecule has 2 amide bonds. The Morgan fingerprint density at radius 1 is 0.428 bits per heavy atom. The molecule has 50 heteroatoms. The van der Waals surface area contributed by atoms with Crippen LogP contribution in [0.25, 0.3) is 44.7 Å². The molecule has 0 aromatic carbocycles. The fraction of sp³-hybridized carbons (Fsp3) is 0.750. The fourth-order valence-electron chi connectivity index (χ4n) is 19.0. The van der Waals surface area contributed by atoms with Crippen LogP contribution < -0.4 is 41.7 Å². The van der Waals surface area contributed by atoms with Crippen LogP contribution in [0.3, 0.4) is 0 Å². The summed E-state index contributed by atoms with van der Waals surface area (Å²) < 4.78 is 147. The molecule has 0 spiro atoms. The van der Waals surface area contributed by atoms with Crippen molar-refractivity contribution < 1.29 is 102 Å². The van der Waals surface area contributed by atoms with Crippen LogP contribution in [-0.4, -0.2) is 312 Å². The summed E-state index contributed by atoms with van der Waals surface area (Å²) >= 11 is 0. The van der Waals surface area contributed by atoms with E-state index in [1.165, 1.54) is 55.8 Å². The summed E-state index contributed by atoms with van der Waals surface area (Å²) in [5.74, 6) is 1.96. The van der Waals surface area contributed by atoms with Gasteiger partial charge in [0, 0.05) is 56.4 Å². The van der Waals surface area contributed by atoms with Crippen LogP contribution in [0, 0.1) is 0 Å². The van der Waals surface area contributed by atoms with Gasteiger partial charge < -0.3 is 106 Å². The molecule has 16 atom stereocenters. The van der Waals surface area contributed by atoms with E-state index in [2.05, 4.69) is 188 Å². The number of alkyl halides is 4. The van der Waals surface area contributed by atoms with Crippen LogP contribution >= 0.6 is 0 Å². The number of amides is 2. The summed E-state index contributed by atoms with van der Waals surface area (Å²) in [6, 6.07) is 0. The normalized spacial score (nSPS) is 27.7. The van der Waals surface area contributed by atoms with Crippen molar-refractivity contribution in [2.24, 2.45) is 0 Å². The molecule has 0 saturated carbocycles. The second-order valence-electron chi connectivity index (χ2n) is 40.4. The Balaban J connectivity index is 0.000000181. The maximum absolute atomic E-state index is 17.4. The summed E-state index contributed by atoms with van der Waals surface area (Å²) in [7, 11) is 2.63. The fourth-order valence-corrected chi connectivity index (χ4v) is 41.6. The quantitative estimate of drug-likeness (QED) is 0.0128. The minimum atomic E-state index is -3.09. The van der Waals surface area contributed by atoms with E-state index in [0.717, 1.165) is 38.5 Å². The molecule has 6 aliphatic heterocycles. The Bertz CT molecular complexity index is 5430. The van der Waals surface area contributed by atoms with Crippen LogP contribution in [0.2, 0.25) is 44.3 Å². The van der Waals surface area contributed by atoms with E-state index in [0.29, 0.717) is 68.9 Å². The van der Waals surface area contributed by atoms with Gasteiger partial charge in [-0.15, -0.1) is 0 Å². The number of halogens is 4. The Morgan fingerprint density at radius 2 is 0.696 bits per heavy atom. The van der Waals surface area contributed by atoms with Gasteiger partial charge in [0.15, 0.2) is 116 Å². The highest BCUT2D eigenvalue weighted by atomic mass is 28.5. The average molecular weight is 2020 g/mol. The third-order valence-corrected chi connectivity index (χ3v) is 47.0. The van der Waals surface area contributed by atoms with E-state index in [1.807, 2.05) is 35.1 Å². The highest BCUT2D eigenvalue weighted by Crippen LogP contribution is 2.56. The number of imidazole rings is 4. The lowest BCUT2D eigenvalue weighted by Crippen LogP contribution is -2.66. The van der Waals surface area contributed by atoms with E-state index < -0.39 is 156 Å². The number of aliphatic hydroxyl groups excluding tert-OH is 4. The van der Waals surface area contributed by atoms with Crippen molar-refractivity contribution in [3.05, 3.63) is 25.3 Å². The lowest BCUT2D eigenvalue weighted by molar-refractivity contribution is -0.0594. The number of nitrogen functional groups attached to an aromatic ring is 2. The Kier molecular flexibility index (Phi) is 34.6. The summed E-state index contributed by atoms with van der Waals surface area (Å²) in [4.78, 5) is 83.9. The van der Waals surface area contributed by atoms with Crippen molar-refractivity contribution in [1.82, 2.24) is 78.1 Å². The smallest absolute Gasteiger partial charge is 0.414 e. The van der Waals surface area contributed by atoms with Gasteiger partial charge in [-0.2, -0.15) is 39.9 Å². The maximum atomic E-state index is 17.4. The number of anilines is 8. The van der Waals surface area contributed by atoms with E-state index in [9.17, 15) is 34.4 Å². The van der Waals surface area contributed by atoms with Gasteiger partial charge in [0.25, 0.3) is 0 Å². The van der Waals surface area contributed by atoms with Gasteiger partial charge in [-0.3, -0.25) is 28.9 Å². The van der Waals surface area contributed by atoms with Gasteiger partial charge in [-0.1, -0.05) is 150 Å². The highest BCUT2D eigenvalue weighted by molar-refractivity contribution is 6.84. The minimum absolute atomic E-state index is 0.0146. The van der Waals surface area contributed by atoms with Crippen LogP contribution in [0.15, 0.2) is 25.3 Å². The number of unbranched alkanes of at least 4 members (excludes halogenated alkanes) is 4. The average Bonchev–Trinajstić information content (AvgIpc) is 1.53. The predicted molar refractivity (Wildman–Crippen MR) is 524 cm³/mol. The SMILES string of the molecule is CC(C)[Si]1(C(C)C)OC[C@H]2O[C@@H](n3cnc4c(N(C)C)nc(N)nc43)[C@](C)(F)[C@@H]2O[Si](C(C)C)(C(C)C)O1.CCCCCOC(=O)Nc1nc(N(C)C)c2ncn([C@@H]3O[C@@H]4CO[Si](C(C)C)(C(C)C)O[Si](C(C)C)(C(C)C)O[C@H]4[C@@]3(C)F)c2n1.CCCCCOC(=O)Nc1nc(N(C)C)c2ncn([C@@H]3O[C@H](CO)[C@@H](O)[C@@]3(C)F)c2n1.CN(C)c1nc(N)nc2c1ncn2[C@@H]1O[C@H](CO)[C@@H](O)[C@@]1(C)F. The lowest BCUT2D eigenvalue weighted by Gasteiger charge is -2.51. The Hall–Kier alpha value is -8.43. The van der Waals surface area contributed by atoms with Crippen molar-refractivity contribution in [3.63, 3.8) is 0 Å². The number of nitrogens with one attached hydrogen (secondary N) is 2. The first-order valence-corrected chi connectivity index (χ1v) is 55.5. The second kappa shape index (κ2) is 43.4. The number of nitrogens with zero attached hydrogens (tertiary/aromatic N) is 20. The third kappa shape index (κ3) is 21.3. The number of rotatable bonds is 28. The Labute approximate surface area is 808 Å². The van der Waals surface area contributed by atoms with Gasteiger partial charge in [0.05, 0.1) is 65.0 Å². The van der Waals surface area contributed by atoms with E-state index in [4.69, 9.17) is 65.8 Å². The number of nitrogens with two attached hydrogens (primary N) is 2. The molecule has 0 aliphatic carbocycles. The first kappa shape index (κ1) is 110. The largest absolute Gasteiger partial charge is 0.449 e. The molecule has 8 aromatic rings. The molecule has 10 N–H and O–H groups in total. The van der Waals surface area contributed by atoms with Crippen molar-refractivity contribution in [1.29, 1.82) is 0 Å². The number of carbonyl (C=O) groups excluding carboxylic acids is 2. The van der Waals surface area contributed by atoms with Crippen molar-refractivity contribution >= 4 is 138 Å². The number of carbonyl (C=O) groups is 2. The summed E-state index contributed by atoms with van der Waals surface area (Å²) in [6.45, 7) is 43.6. The van der Waals surface area contributed by atoms with Crippen LogP contribution in [0.5, 0.6) is 0 Å². The molecule has 6 saturated heterocycles. The zero-order valence-electron chi connectivity index (χ0n) is 85.5. The standard InChI is InChI=1S/C31H55FN6O6Si2.C25H45FN6O4Si2.C19H29FN6O5.C13H19FN6O3/c1-13-14-15-16-40-30(39)36-29-34-26(37(11)12)24-27(35-29)38(18-33-24)28-31(10,32)25-23(42-28)17-41-45(19(2)3,20(4)5)44-46(43-25,21(6)7)22(8)9;1-14(2)37(15(3)4)33-12-18-20(35-38(36-37,16(5)6)17(7)8)25(9,26)23(34-18)32-13-28-19-21(31(10)11)29-24(27)30-22(19)32;1-5-6-7-8-30-18(29)24-17-22-14(25(3)4)12-15(23-17)26(10-21-12)16-19(2,20)13(28)11(9-27)31-16;1-13(14)8(22)6(4-21)23-11(13)20-5-16-7-9(19(2)3)17-12(15)18-10(7)20/h18-23,25,28H,13-17H2,1-12H3,(H,34,35,36,39);13-18,20,23H,12H2,1-11H3,(H2,27,29,30);10-11,13,16,27-28H,5-9H2,1-4H3,(H,22,23,24,29);5-6,8,11,21-22H,4H2,1-3H3,(H2,15,17,18)/t23-,25-,28-,31-;18-,20-,23-,25-;11-,13-,16-,19-;6-,8-,11-,13-/m1111/s1. The molecule has 42 nitrogen and oxygen atoms in total. The lowest BCUT2D eigenvalue weighted by atomic mass is 9.98. The minimum Gasteiger partial charge on any atom is -0.449 e. The first-order chi connectivity index (χ1) is 64.6. The summed E-state index contributed by atoms with van der Waals surface area (Å²) in [5.41, 5.74) is 7.31. The second-order valence-corrected chi connectivity index (χ2v) is 58.0. The van der Waals surface area contributed by atoms with Gasteiger partial charge >= 0.3 is 46.4 Å². The summed E-state index contributed by atoms with van der Waals surface area (Å²) in [6.07, 6.45) is -3.14. The Morgan fingerprint density at radius 3 is 0.949 bits per heavy atom. The zero-order chi connectivity index (χ0) is 102. The van der Waals surface area contributed by atoms with Crippen LogP contribution in [-0.2, 0) is 54.4 Å². The maximum Gasteiger partial charge on any atom is 0.414 e. The predicted octanol–water partition coefficient (Wildman–Crippen LogP) is 13.3. The highest BCUT2D eigenvalue weighted by Gasteiger charge is 2.69. The zero-order valence-corrected chi connectivity index (χ0v) is 89.5. The molecule has 6 aliphatic rings. The molecule has 14 heterocycles. The molecule has 14 rings (SSSR count). The molecular weight excluding hydrogens is 1870 g/mol. The molecule has 138 heavy (non-hydrogen) atoms. The van der Waals surface area contributed by atoms with E-state index >= 15 is 13.2 Å². The van der Waals surface area contributed by atoms with Gasteiger partial charge in [0.2, 0.25) is 23.8 Å². The van der Waals surface area contributed by atoms with Crippen molar-refractivity contribution in [2.45, 2.75) is 332 Å². The molecular formula is C88H148F4N24O18Si4. The number of ether oxygens (including phenoxy) is 6. The molecule has 8 aromatic heterocycles. The van der Waals surface area contributed by atoms with Gasteiger partial charge in [0.1, 0.15) is 48.8 Å². The molecule has 0 unspecified atom stereocenters. The van der Waals surface area contributed by atoms with Crippen LogP contribution in [0.1, 0.15) is 216 Å². The number of hydrogen-bond donors (Lipinski definition) is 8. The van der Waals surface area contributed by atoms with E-state index in [1.54, 1.807) is 63.3 Å².